The second-order valence-electron chi connectivity index (χ2n) is 9.56. The molecule has 8 heteroatoms. The van der Waals surface area contributed by atoms with Crippen molar-refractivity contribution in [3.05, 3.63) is 33.5 Å². The Kier molecular flexibility index (Phi) is 4.42. The molecule has 4 aliphatic carbocycles. The SMILES string of the molecule is CC12C(=CC(=O)C=C1[N+](=O)[O-])CCC1C2C(O)CC2(C)C1CCC2(O)C(=O)CO. The van der Waals surface area contributed by atoms with Crippen molar-refractivity contribution in [1.82, 2.24) is 0 Å². The van der Waals surface area contributed by atoms with Crippen LogP contribution in [0.2, 0.25) is 0 Å². The normalized spacial score (nSPS) is 46.2. The summed E-state index contributed by atoms with van der Waals surface area (Å²) in [4.78, 5) is 35.7. The fourth-order valence-electron chi connectivity index (χ4n) is 7.26. The zero-order valence-electron chi connectivity index (χ0n) is 16.6. The molecule has 0 saturated heterocycles. The number of carbonyl (C=O) groups is 2. The third kappa shape index (κ3) is 2.42. The molecule has 3 saturated carbocycles. The molecule has 8 nitrogen and oxygen atoms in total. The minimum absolute atomic E-state index is 0.111. The van der Waals surface area contributed by atoms with Crippen LogP contribution in [0.15, 0.2) is 23.4 Å². The van der Waals surface area contributed by atoms with Crippen molar-refractivity contribution in [3.8, 4) is 0 Å². The first-order valence-corrected chi connectivity index (χ1v) is 10.2. The fourth-order valence-corrected chi connectivity index (χ4v) is 7.26. The summed E-state index contributed by atoms with van der Waals surface area (Å²) in [6, 6.07) is 0. The molecule has 7 atom stereocenters. The fraction of sp³-hybridized carbons (Fsp3) is 0.714. The average Bonchev–Trinajstić information content (AvgIpc) is 2.92. The Morgan fingerprint density at radius 2 is 2.00 bits per heavy atom. The lowest BCUT2D eigenvalue weighted by atomic mass is 9.45. The number of allylic oxidation sites excluding steroid dienone is 3. The number of nitro groups is 1. The minimum atomic E-state index is -1.71. The lowest BCUT2D eigenvalue weighted by molar-refractivity contribution is -0.443. The zero-order chi connectivity index (χ0) is 21.4. The maximum absolute atomic E-state index is 12.4. The number of hydrogen-bond acceptors (Lipinski definition) is 7. The number of Topliss-reactive ketones (excluding diaryl/α,β-unsaturated/α-hetero) is 1. The van der Waals surface area contributed by atoms with Crippen LogP contribution in [0.25, 0.3) is 0 Å². The molecule has 0 spiro atoms. The van der Waals surface area contributed by atoms with Crippen molar-refractivity contribution in [2.24, 2.45) is 28.6 Å². The van der Waals surface area contributed by atoms with E-state index in [2.05, 4.69) is 0 Å². The standard InChI is InChI=1S/C21H27NO7/c1-19-9-15(25)18-13(14(19)5-6-21(19,27)17(26)10-23)4-3-11-7-12(24)8-16(22(28)29)20(11,18)2/h7-8,13-15,18,23,25,27H,3-6,9-10H2,1-2H3. The van der Waals surface area contributed by atoms with E-state index in [-0.39, 0.29) is 30.4 Å². The van der Waals surface area contributed by atoms with Crippen LogP contribution in [0, 0.1) is 38.7 Å². The number of ketones is 2. The molecule has 0 heterocycles. The van der Waals surface area contributed by atoms with Crippen LogP contribution in [-0.2, 0) is 9.59 Å². The summed E-state index contributed by atoms with van der Waals surface area (Å²) in [5.74, 6) is -1.76. The van der Waals surface area contributed by atoms with Gasteiger partial charge in [-0.3, -0.25) is 19.7 Å². The van der Waals surface area contributed by atoms with Crippen molar-refractivity contribution in [1.29, 1.82) is 0 Å². The highest BCUT2D eigenvalue weighted by atomic mass is 16.6. The second kappa shape index (κ2) is 6.30. The Balaban J connectivity index is 1.80. The monoisotopic (exact) mass is 405 g/mol. The second-order valence-corrected chi connectivity index (χ2v) is 9.56. The van der Waals surface area contributed by atoms with E-state index in [4.69, 9.17) is 0 Å². The van der Waals surface area contributed by atoms with Gasteiger partial charge in [0.2, 0.25) is 0 Å². The van der Waals surface area contributed by atoms with Crippen molar-refractivity contribution in [3.63, 3.8) is 0 Å². The number of aliphatic hydroxyl groups excluding tert-OH is 2. The molecule has 0 radical (unpaired) electrons. The van der Waals surface area contributed by atoms with Gasteiger partial charge >= 0.3 is 0 Å². The van der Waals surface area contributed by atoms with Crippen LogP contribution < -0.4 is 0 Å². The highest BCUT2D eigenvalue weighted by Crippen LogP contribution is 2.68. The van der Waals surface area contributed by atoms with E-state index < -0.39 is 51.5 Å². The molecule has 4 rings (SSSR count). The number of aliphatic hydroxyl groups is 3. The van der Waals surface area contributed by atoms with Crippen LogP contribution in [0.4, 0.5) is 0 Å². The van der Waals surface area contributed by atoms with Crippen LogP contribution in [-0.4, -0.2) is 50.1 Å². The Morgan fingerprint density at radius 3 is 2.62 bits per heavy atom. The van der Waals surface area contributed by atoms with Crippen LogP contribution in [0.1, 0.15) is 46.0 Å². The van der Waals surface area contributed by atoms with Crippen molar-refractivity contribution < 1.29 is 29.8 Å². The maximum Gasteiger partial charge on any atom is 0.260 e. The zero-order valence-corrected chi connectivity index (χ0v) is 16.6. The van der Waals surface area contributed by atoms with E-state index in [9.17, 15) is 35.0 Å². The molecule has 3 N–H and O–H groups in total. The van der Waals surface area contributed by atoms with E-state index in [1.165, 1.54) is 6.08 Å². The van der Waals surface area contributed by atoms with E-state index in [1.54, 1.807) is 13.8 Å². The van der Waals surface area contributed by atoms with Crippen molar-refractivity contribution in [2.45, 2.75) is 57.7 Å². The first-order valence-electron chi connectivity index (χ1n) is 10.2. The van der Waals surface area contributed by atoms with Gasteiger partial charge in [0.25, 0.3) is 5.70 Å². The summed E-state index contributed by atoms with van der Waals surface area (Å²) in [6.45, 7) is 2.77. The average molecular weight is 405 g/mol. The number of rotatable bonds is 3. The summed E-state index contributed by atoms with van der Waals surface area (Å²) in [6.07, 6.45) is 3.55. The molecule has 7 unspecified atom stereocenters. The summed E-state index contributed by atoms with van der Waals surface area (Å²) in [5, 5.41) is 43.6. The first-order chi connectivity index (χ1) is 13.5. The molecular formula is C21H27NO7. The number of hydrogen-bond donors (Lipinski definition) is 3. The molecule has 0 aromatic rings. The van der Waals surface area contributed by atoms with Gasteiger partial charge in [0, 0.05) is 11.3 Å². The molecule has 0 aromatic carbocycles. The largest absolute Gasteiger partial charge is 0.393 e. The lowest BCUT2D eigenvalue weighted by Crippen LogP contribution is -2.62. The first kappa shape index (κ1) is 20.4. The molecule has 0 aliphatic heterocycles. The van der Waals surface area contributed by atoms with Crippen LogP contribution >= 0.6 is 0 Å². The van der Waals surface area contributed by atoms with Gasteiger partial charge in [0.05, 0.1) is 22.5 Å². The lowest BCUT2D eigenvalue weighted by Gasteiger charge is -2.59. The van der Waals surface area contributed by atoms with Gasteiger partial charge in [-0.25, -0.2) is 0 Å². The molecule has 0 aromatic heterocycles. The van der Waals surface area contributed by atoms with E-state index in [0.717, 1.165) is 6.08 Å². The van der Waals surface area contributed by atoms with Gasteiger partial charge in [-0.05, 0) is 62.5 Å². The predicted molar refractivity (Wildman–Crippen MR) is 101 cm³/mol. The molecule has 0 bridgehead atoms. The highest BCUT2D eigenvalue weighted by molar-refractivity contribution is 6.01. The number of fused-ring (bicyclic) bond motifs is 5. The van der Waals surface area contributed by atoms with Crippen LogP contribution in [0.3, 0.4) is 0 Å². The number of carbonyl (C=O) groups excluding carboxylic acids is 2. The third-order valence-corrected chi connectivity index (χ3v) is 8.62. The molecule has 158 valence electrons. The Bertz CT molecular complexity index is 863. The summed E-state index contributed by atoms with van der Waals surface area (Å²) >= 11 is 0. The predicted octanol–water partition coefficient (Wildman–Crippen LogP) is 1.16. The molecule has 0 amide bonds. The molecule has 3 fully saturated rings. The summed E-state index contributed by atoms with van der Waals surface area (Å²) in [7, 11) is 0. The Hall–Kier alpha value is -1.90. The highest BCUT2D eigenvalue weighted by Gasteiger charge is 2.69. The maximum atomic E-state index is 12.4. The third-order valence-electron chi connectivity index (χ3n) is 8.62. The van der Waals surface area contributed by atoms with Gasteiger partial charge in [-0.1, -0.05) is 6.92 Å². The van der Waals surface area contributed by atoms with Gasteiger partial charge in [0.15, 0.2) is 11.6 Å². The smallest absolute Gasteiger partial charge is 0.260 e. The van der Waals surface area contributed by atoms with E-state index in [1.807, 2.05) is 0 Å². The summed E-state index contributed by atoms with van der Waals surface area (Å²) < 4.78 is 0. The minimum Gasteiger partial charge on any atom is -0.393 e. The summed E-state index contributed by atoms with van der Waals surface area (Å²) in [5.41, 5.74) is -3.19. The quantitative estimate of drug-likeness (QED) is 0.473. The van der Waals surface area contributed by atoms with E-state index in [0.29, 0.717) is 24.8 Å². The molecule has 4 aliphatic rings. The van der Waals surface area contributed by atoms with Gasteiger partial charge in [-0.15, -0.1) is 0 Å². The molecular weight excluding hydrogens is 378 g/mol. The van der Waals surface area contributed by atoms with Gasteiger partial charge in [0.1, 0.15) is 12.2 Å². The van der Waals surface area contributed by atoms with Crippen molar-refractivity contribution >= 4 is 11.6 Å². The Labute approximate surface area is 168 Å². The number of nitrogens with zero attached hydrogens (tertiary/aromatic N) is 1. The van der Waals surface area contributed by atoms with E-state index >= 15 is 0 Å². The Morgan fingerprint density at radius 1 is 1.31 bits per heavy atom. The van der Waals surface area contributed by atoms with Crippen molar-refractivity contribution in [2.75, 3.05) is 6.61 Å². The molecule has 29 heavy (non-hydrogen) atoms. The van der Waals surface area contributed by atoms with Gasteiger partial charge in [-0.2, -0.15) is 0 Å². The van der Waals surface area contributed by atoms with Gasteiger partial charge < -0.3 is 15.3 Å². The topological polar surface area (TPSA) is 138 Å². The van der Waals surface area contributed by atoms with Crippen LogP contribution in [0.5, 0.6) is 0 Å².